The highest BCUT2D eigenvalue weighted by Crippen LogP contribution is 2.27. The summed E-state index contributed by atoms with van der Waals surface area (Å²) >= 11 is 7.56. The van der Waals surface area contributed by atoms with Gasteiger partial charge in [-0.3, -0.25) is 9.59 Å². The van der Waals surface area contributed by atoms with Crippen LogP contribution in [-0.4, -0.2) is 32.3 Å². The maximum absolute atomic E-state index is 13.0. The molecular formula is C26H32ClN5O2S. The predicted molar refractivity (Wildman–Crippen MR) is 142 cm³/mol. The van der Waals surface area contributed by atoms with E-state index >= 15 is 0 Å². The number of amides is 2. The highest BCUT2D eigenvalue weighted by atomic mass is 35.5. The largest absolute Gasteiger partial charge is 0.342 e. The lowest BCUT2D eigenvalue weighted by molar-refractivity contribution is -0.113. The van der Waals surface area contributed by atoms with Crippen LogP contribution in [0.25, 0.3) is 0 Å². The topological polar surface area (TPSA) is 88.9 Å². The second kappa shape index (κ2) is 12.2. The molecular weight excluding hydrogens is 482 g/mol. The minimum Gasteiger partial charge on any atom is -0.342 e. The summed E-state index contributed by atoms with van der Waals surface area (Å²) in [5.41, 5.74) is 3.31. The van der Waals surface area contributed by atoms with Gasteiger partial charge < -0.3 is 15.2 Å². The number of carbonyl (C=O) groups is 2. The Balaban J connectivity index is 1.75. The lowest BCUT2D eigenvalue weighted by Crippen LogP contribution is -2.31. The molecule has 0 aliphatic rings. The van der Waals surface area contributed by atoms with Crippen molar-refractivity contribution in [2.75, 3.05) is 11.1 Å². The summed E-state index contributed by atoms with van der Waals surface area (Å²) in [6.07, 6.45) is 0.687. The Hall–Kier alpha value is -2.84. The third kappa shape index (κ3) is 6.86. The molecule has 0 bridgehead atoms. The molecule has 0 saturated carbocycles. The van der Waals surface area contributed by atoms with Gasteiger partial charge in [0, 0.05) is 12.2 Å². The molecule has 1 aromatic heterocycles. The van der Waals surface area contributed by atoms with Gasteiger partial charge in [0.15, 0.2) is 11.0 Å². The van der Waals surface area contributed by atoms with E-state index in [1.165, 1.54) is 11.8 Å². The van der Waals surface area contributed by atoms with Gasteiger partial charge in [-0.1, -0.05) is 67.5 Å². The number of nitrogens with one attached hydrogen (secondary N) is 2. The van der Waals surface area contributed by atoms with E-state index in [0.29, 0.717) is 40.5 Å². The molecule has 186 valence electrons. The number of carbonyl (C=O) groups excluding carboxylic acids is 2. The molecule has 0 fully saturated rings. The predicted octanol–water partition coefficient (Wildman–Crippen LogP) is 5.82. The molecule has 7 nitrogen and oxygen atoms in total. The molecule has 0 unspecified atom stereocenters. The summed E-state index contributed by atoms with van der Waals surface area (Å²) in [4.78, 5) is 25.6. The summed E-state index contributed by atoms with van der Waals surface area (Å²) in [5.74, 6) is 0.818. The molecule has 0 radical (unpaired) electrons. The number of halogens is 1. The fourth-order valence-electron chi connectivity index (χ4n) is 3.86. The minimum absolute atomic E-state index is 0.106. The molecule has 0 spiro atoms. The van der Waals surface area contributed by atoms with E-state index in [2.05, 4.69) is 34.7 Å². The van der Waals surface area contributed by atoms with Crippen LogP contribution in [0.2, 0.25) is 5.02 Å². The molecule has 0 aliphatic carbocycles. The number of rotatable bonds is 10. The first-order valence-electron chi connectivity index (χ1n) is 11.7. The number of nitrogens with zero attached hydrogens (tertiary/aromatic N) is 3. The van der Waals surface area contributed by atoms with E-state index in [1.807, 2.05) is 43.5 Å². The second-order valence-corrected chi connectivity index (χ2v) is 10.2. The summed E-state index contributed by atoms with van der Waals surface area (Å²) in [5, 5.41) is 15.9. The molecule has 3 rings (SSSR count). The molecule has 3 aromatic rings. The first-order valence-corrected chi connectivity index (χ1v) is 13.0. The van der Waals surface area contributed by atoms with Crippen molar-refractivity contribution >= 4 is 40.9 Å². The highest BCUT2D eigenvalue weighted by molar-refractivity contribution is 7.99. The van der Waals surface area contributed by atoms with E-state index in [0.717, 1.165) is 16.8 Å². The Bertz CT molecular complexity index is 1170. The molecule has 2 aromatic carbocycles. The fourth-order valence-corrected chi connectivity index (χ4v) is 4.89. The van der Waals surface area contributed by atoms with Crippen LogP contribution in [0.1, 0.15) is 60.5 Å². The van der Waals surface area contributed by atoms with Gasteiger partial charge in [-0.2, -0.15) is 0 Å². The van der Waals surface area contributed by atoms with Gasteiger partial charge in [-0.15, -0.1) is 10.2 Å². The molecule has 9 heteroatoms. The number of para-hydroxylation sites is 1. The number of anilines is 1. The van der Waals surface area contributed by atoms with Crippen molar-refractivity contribution in [2.45, 2.75) is 58.8 Å². The average Bonchev–Trinajstić information content (AvgIpc) is 3.22. The first kappa shape index (κ1) is 26.8. The summed E-state index contributed by atoms with van der Waals surface area (Å²) in [7, 11) is 0. The van der Waals surface area contributed by atoms with Gasteiger partial charge in [-0.25, -0.2) is 0 Å². The molecule has 0 saturated heterocycles. The van der Waals surface area contributed by atoms with Crippen LogP contribution in [-0.2, 0) is 11.3 Å². The molecule has 2 N–H and O–H groups in total. The van der Waals surface area contributed by atoms with Crippen LogP contribution in [0.3, 0.4) is 0 Å². The van der Waals surface area contributed by atoms with Gasteiger partial charge in [0.25, 0.3) is 5.91 Å². The van der Waals surface area contributed by atoms with E-state index in [-0.39, 0.29) is 23.6 Å². The van der Waals surface area contributed by atoms with E-state index in [1.54, 1.807) is 24.3 Å². The van der Waals surface area contributed by atoms with Crippen LogP contribution < -0.4 is 10.6 Å². The number of aryl methyl sites for hydroxylation is 2. The standard InChI is InChI=1S/C26H32ClN5O2S/c1-6-32-24(21(14-16(2)3)28-25(34)19-12-7-8-13-20(19)27)30-31-26(32)35-15-22(33)29-23-17(4)10-9-11-18(23)5/h7-13,16,21H,6,14-15H2,1-5H3,(H,28,34)(H,29,33)/t21-/m1/s1. The average molecular weight is 514 g/mol. The Labute approximate surface area is 216 Å². The third-order valence-corrected chi connectivity index (χ3v) is 6.88. The van der Waals surface area contributed by atoms with Crippen molar-refractivity contribution in [1.82, 2.24) is 20.1 Å². The molecule has 0 aliphatic heterocycles. The van der Waals surface area contributed by atoms with Crippen LogP contribution in [0.5, 0.6) is 0 Å². The van der Waals surface area contributed by atoms with Gasteiger partial charge in [0.1, 0.15) is 0 Å². The Morgan fingerprint density at radius 1 is 1.06 bits per heavy atom. The Kier molecular flexibility index (Phi) is 9.34. The van der Waals surface area contributed by atoms with Crippen molar-refractivity contribution < 1.29 is 9.59 Å². The first-order chi connectivity index (χ1) is 16.7. The van der Waals surface area contributed by atoms with Crippen molar-refractivity contribution in [3.8, 4) is 0 Å². The summed E-state index contributed by atoms with van der Waals surface area (Å²) < 4.78 is 1.96. The lowest BCUT2D eigenvalue weighted by atomic mass is 10.0. The van der Waals surface area contributed by atoms with Gasteiger partial charge in [0.05, 0.1) is 22.4 Å². The zero-order valence-corrected chi connectivity index (χ0v) is 22.3. The Morgan fingerprint density at radius 3 is 2.37 bits per heavy atom. The SMILES string of the molecule is CCn1c(SCC(=O)Nc2c(C)cccc2C)nnc1[C@@H](CC(C)C)NC(=O)c1ccccc1Cl. The van der Waals surface area contributed by atoms with Crippen molar-refractivity contribution in [3.63, 3.8) is 0 Å². The number of hydrogen-bond acceptors (Lipinski definition) is 5. The van der Waals surface area contributed by atoms with Gasteiger partial charge in [-0.05, 0) is 56.4 Å². The number of hydrogen-bond donors (Lipinski definition) is 2. The van der Waals surface area contributed by atoms with Crippen molar-refractivity contribution in [1.29, 1.82) is 0 Å². The maximum atomic E-state index is 13.0. The minimum atomic E-state index is -0.344. The van der Waals surface area contributed by atoms with E-state index in [4.69, 9.17) is 11.6 Å². The molecule has 2 amide bonds. The molecule has 35 heavy (non-hydrogen) atoms. The highest BCUT2D eigenvalue weighted by Gasteiger charge is 2.25. The summed E-state index contributed by atoms with van der Waals surface area (Å²) in [6, 6.07) is 12.5. The van der Waals surface area contributed by atoms with Crippen LogP contribution in [0.4, 0.5) is 5.69 Å². The molecule has 1 atom stereocenters. The quantitative estimate of drug-likeness (QED) is 0.333. The van der Waals surface area contributed by atoms with Crippen LogP contribution in [0, 0.1) is 19.8 Å². The maximum Gasteiger partial charge on any atom is 0.253 e. The van der Waals surface area contributed by atoms with Crippen LogP contribution in [0.15, 0.2) is 47.6 Å². The monoisotopic (exact) mass is 513 g/mol. The lowest BCUT2D eigenvalue weighted by Gasteiger charge is -2.21. The smallest absolute Gasteiger partial charge is 0.253 e. The van der Waals surface area contributed by atoms with Crippen molar-refractivity contribution in [2.24, 2.45) is 5.92 Å². The number of aromatic nitrogens is 3. The van der Waals surface area contributed by atoms with Gasteiger partial charge >= 0.3 is 0 Å². The Morgan fingerprint density at radius 2 is 1.74 bits per heavy atom. The normalized spacial score (nSPS) is 12.0. The van der Waals surface area contributed by atoms with Crippen LogP contribution >= 0.6 is 23.4 Å². The zero-order valence-electron chi connectivity index (χ0n) is 20.8. The molecule has 1 heterocycles. The van der Waals surface area contributed by atoms with Crippen molar-refractivity contribution in [3.05, 3.63) is 70.0 Å². The summed E-state index contributed by atoms with van der Waals surface area (Å²) in [6.45, 7) is 10.7. The number of benzene rings is 2. The van der Waals surface area contributed by atoms with E-state index < -0.39 is 0 Å². The third-order valence-electron chi connectivity index (χ3n) is 5.58. The van der Waals surface area contributed by atoms with Gasteiger partial charge in [0.2, 0.25) is 5.91 Å². The second-order valence-electron chi connectivity index (χ2n) is 8.82. The number of thioether (sulfide) groups is 1. The fraction of sp³-hybridized carbons (Fsp3) is 0.385. The van der Waals surface area contributed by atoms with E-state index in [9.17, 15) is 9.59 Å². The zero-order chi connectivity index (χ0) is 25.5.